The lowest BCUT2D eigenvalue weighted by Gasteiger charge is -2.49. The van der Waals surface area contributed by atoms with Gasteiger partial charge < -0.3 is 4.90 Å². The van der Waals surface area contributed by atoms with E-state index >= 15 is 0 Å². The van der Waals surface area contributed by atoms with Crippen molar-refractivity contribution in [2.24, 2.45) is 7.05 Å². The van der Waals surface area contributed by atoms with Crippen LogP contribution in [0.3, 0.4) is 0 Å². The normalized spacial score (nSPS) is 20.7. The predicted octanol–water partition coefficient (Wildman–Crippen LogP) is 2.62. The first kappa shape index (κ1) is 18.3. The van der Waals surface area contributed by atoms with E-state index in [4.69, 9.17) is 0 Å². The van der Waals surface area contributed by atoms with Crippen molar-refractivity contribution in [1.29, 1.82) is 0 Å². The molecule has 0 spiro atoms. The minimum atomic E-state index is 0.0250. The number of carbonyl (C=O) groups is 1. The van der Waals surface area contributed by atoms with Gasteiger partial charge in [-0.05, 0) is 44.8 Å². The predicted molar refractivity (Wildman–Crippen MR) is 105 cm³/mol. The summed E-state index contributed by atoms with van der Waals surface area (Å²) in [6.45, 7) is 3.15. The fraction of sp³-hybridized carbons (Fsp3) is 0.700. The second kappa shape index (κ2) is 7.54. The number of pyridine rings is 1. The van der Waals surface area contributed by atoms with Crippen LogP contribution in [0.15, 0.2) is 12.3 Å². The largest absolute Gasteiger partial charge is 0.340 e. The molecule has 1 saturated carbocycles. The van der Waals surface area contributed by atoms with Gasteiger partial charge in [-0.15, -0.1) is 5.10 Å². The maximum absolute atomic E-state index is 13.1. The van der Waals surface area contributed by atoms with Gasteiger partial charge in [-0.25, -0.2) is 9.67 Å². The van der Waals surface area contributed by atoms with E-state index in [1.165, 1.54) is 64.5 Å². The highest BCUT2D eigenvalue weighted by atomic mass is 16.2. The highest BCUT2D eigenvalue weighted by molar-refractivity contribution is 5.96. The van der Waals surface area contributed by atoms with E-state index in [0.29, 0.717) is 16.7 Å². The minimum Gasteiger partial charge on any atom is -0.340 e. The minimum absolute atomic E-state index is 0.0250. The number of piperidine rings is 1. The Kier molecular flexibility index (Phi) is 5.12. The lowest BCUT2D eigenvalue weighted by Crippen LogP contribution is -2.58. The summed E-state index contributed by atoms with van der Waals surface area (Å²) in [7, 11) is 3.74. The molecule has 0 atom stereocenters. The molecule has 1 saturated heterocycles. The molecule has 0 N–H and O–H groups in total. The van der Waals surface area contributed by atoms with Gasteiger partial charge >= 0.3 is 0 Å². The van der Waals surface area contributed by atoms with Crippen LogP contribution in [0.25, 0.3) is 11.2 Å². The number of rotatable bonds is 4. The Hall–Kier alpha value is -2.02. The summed E-state index contributed by atoms with van der Waals surface area (Å²) in [6.07, 6.45) is 11.8. The summed E-state index contributed by atoms with van der Waals surface area (Å²) < 4.78 is 1.63. The van der Waals surface area contributed by atoms with Gasteiger partial charge in [-0.1, -0.05) is 30.9 Å². The van der Waals surface area contributed by atoms with Crippen molar-refractivity contribution in [3.63, 3.8) is 0 Å². The monoisotopic (exact) mass is 370 g/mol. The number of hydrogen-bond acceptors (Lipinski definition) is 5. The standard InChI is InChI=1S/C20H30N6O/c1-24(19(27)16-13-17-18(21-14-16)25(2)23-22-17)15-20(9-5-3-6-10-20)26-11-7-4-8-12-26/h13-14H,3-12,15H2,1-2H3. The van der Waals surface area contributed by atoms with Crippen LogP contribution >= 0.6 is 0 Å². The molecule has 7 heteroatoms. The molecule has 0 radical (unpaired) electrons. The Balaban J connectivity index is 1.53. The average molecular weight is 371 g/mol. The Bertz CT molecular complexity index is 804. The van der Waals surface area contributed by atoms with Crippen molar-refractivity contribution in [3.8, 4) is 0 Å². The molecule has 1 aliphatic carbocycles. The second-order valence-electron chi connectivity index (χ2n) is 8.27. The maximum Gasteiger partial charge on any atom is 0.255 e. The molecule has 2 aromatic rings. The SMILES string of the molecule is CN(CC1(N2CCCCC2)CCCCC1)C(=O)c1cnc2c(c1)nnn2C. The Morgan fingerprint density at radius 2 is 1.85 bits per heavy atom. The van der Waals surface area contributed by atoms with Crippen molar-refractivity contribution < 1.29 is 4.79 Å². The smallest absolute Gasteiger partial charge is 0.255 e. The van der Waals surface area contributed by atoms with E-state index in [9.17, 15) is 4.79 Å². The zero-order valence-corrected chi connectivity index (χ0v) is 16.5. The van der Waals surface area contributed by atoms with Gasteiger partial charge in [0.25, 0.3) is 5.91 Å². The van der Waals surface area contributed by atoms with Crippen LogP contribution < -0.4 is 0 Å². The number of amides is 1. The van der Waals surface area contributed by atoms with Crippen LogP contribution in [0.2, 0.25) is 0 Å². The fourth-order valence-corrected chi connectivity index (χ4v) is 4.93. The third kappa shape index (κ3) is 3.57. The average Bonchev–Trinajstić information content (AvgIpc) is 3.09. The van der Waals surface area contributed by atoms with Crippen LogP contribution in [0, 0.1) is 0 Å². The van der Waals surface area contributed by atoms with Gasteiger partial charge in [-0.3, -0.25) is 9.69 Å². The first-order valence-electron chi connectivity index (χ1n) is 10.3. The number of fused-ring (bicyclic) bond motifs is 1. The fourth-order valence-electron chi connectivity index (χ4n) is 4.93. The van der Waals surface area contributed by atoms with E-state index in [0.717, 1.165) is 6.54 Å². The lowest BCUT2D eigenvalue weighted by molar-refractivity contribution is 0.00989. The lowest BCUT2D eigenvalue weighted by atomic mass is 9.78. The molecule has 0 aromatic carbocycles. The summed E-state index contributed by atoms with van der Waals surface area (Å²) in [5.41, 5.74) is 2.11. The van der Waals surface area contributed by atoms with Crippen LogP contribution in [-0.2, 0) is 7.05 Å². The number of nitrogens with zero attached hydrogens (tertiary/aromatic N) is 6. The molecule has 1 aliphatic heterocycles. The van der Waals surface area contributed by atoms with Crippen LogP contribution in [0.5, 0.6) is 0 Å². The Morgan fingerprint density at radius 1 is 1.15 bits per heavy atom. The third-order valence-corrected chi connectivity index (χ3v) is 6.38. The van der Waals surface area contributed by atoms with Crippen molar-refractivity contribution in [2.75, 3.05) is 26.7 Å². The van der Waals surface area contributed by atoms with Gasteiger partial charge in [0, 0.05) is 32.4 Å². The summed E-state index contributed by atoms with van der Waals surface area (Å²) in [5, 5.41) is 8.07. The number of likely N-dealkylation sites (N-methyl/N-ethyl adjacent to an activating group) is 1. The molecule has 0 unspecified atom stereocenters. The van der Waals surface area contributed by atoms with E-state index in [1.807, 2.05) is 18.0 Å². The summed E-state index contributed by atoms with van der Waals surface area (Å²) in [4.78, 5) is 22.1. The first-order valence-corrected chi connectivity index (χ1v) is 10.3. The van der Waals surface area contributed by atoms with Crippen LogP contribution in [-0.4, -0.2) is 67.9 Å². The number of likely N-dealkylation sites (tertiary alicyclic amines) is 1. The molecule has 0 bridgehead atoms. The van der Waals surface area contributed by atoms with Gasteiger partial charge in [-0.2, -0.15) is 0 Å². The van der Waals surface area contributed by atoms with Gasteiger partial charge in [0.2, 0.25) is 0 Å². The summed E-state index contributed by atoms with van der Waals surface area (Å²) in [5.74, 6) is 0.0250. The number of aromatic nitrogens is 4. The van der Waals surface area contributed by atoms with Crippen molar-refractivity contribution in [2.45, 2.75) is 56.9 Å². The van der Waals surface area contributed by atoms with Gasteiger partial charge in [0.15, 0.2) is 5.65 Å². The van der Waals surface area contributed by atoms with Gasteiger partial charge in [0.05, 0.1) is 5.56 Å². The Morgan fingerprint density at radius 3 is 2.59 bits per heavy atom. The van der Waals surface area contributed by atoms with E-state index in [1.54, 1.807) is 17.9 Å². The Labute approximate surface area is 160 Å². The van der Waals surface area contributed by atoms with Crippen molar-refractivity contribution >= 4 is 17.1 Å². The highest BCUT2D eigenvalue weighted by Crippen LogP contribution is 2.36. The van der Waals surface area contributed by atoms with Crippen LogP contribution in [0.1, 0.15) is 61.7 Å². The zero-order valence-electron chi connectivity index (χ0n) is 16.5. The van der Waals surface area contributed by atoms with E-state index in [-0.39, 0.29) is 11.4 Å². The van der Waals surface area contributed by atoms with Crippen molar-refractivity contribution in [1.82, 2.24) is 29.8 Å². The van der Waals surface area contributed by atoms with Crippen LogP contribution in [0.4, 0.5) is 0 Å². The molecule has 7 nitrogen and oxygen atoms in total. The first-order chi connectivity index (χ1) is 13.1. The quantitative estimate of drug-likeness (QED) is 0.828. The van der Waals surface area contributed by atoms with E-state index < -0.39 is 0 Å². The summed E-state index contributed by atoms with van der Waals surface area (Å²) in [6, 6.07) is 1.81. The molecular weight excluding hydrogens is 340 g/mol. The summed E-state index contributed by atoms with van der Waals surface area (Å²) >= 11 is 0. The highest BCUT2D eigenvalue weighted by Gasteiger charge is 2.40. The molecule has 4 rings (SSSR count). The molecule has 27 heavy (non-hydrogen) atoms. The molecular formula is C20H30N6O. The number of hydrogen-bond donors (Lipinski definition) is 0. The maximum atomic E-state index is 13.1. The molecule has 146 valence electrons. The molecule has 2 fully saturated rings. The molecule has 2 aliphatic rings. The van der Waals surface area contributed by atoms with E-state index in [2.05, 4.69) is 20.2 Å². The number of carbonyl (C=O) groups excluding carboxylic acids is 1. The second-order valence-corrected chi connectivity index (χ2v) is 8.27. The molecule has 2 aromatic heterocycles. The third-order valence-electron chi connectivity index (χ3n) is 6.38. The number of aryl methyl sites for hydroxylation is 1. The molecule has 3 heterocycles. The zero-order chi connectivity index (χ0) is 18.9. The topological polar surface area (TPSA) is 67.2 Å². The van der Waals surface area contributed by atoms with Crippen molar-refractivity contribution in [3.05, 3.63) is 17.8 Å². The van der Waals surface area contributed by atoms with Gasteiger partial charge in [0.1, 0.15) is 5.52 Å². The molecule has 1 amide bonds.